The maximum absolute atomic E-state index is 12.3. The number of anilines is 2. The Balaban J connectivity index is 1.51. The van der Waals surface area contributed by atoms with Crippen LogP contribution in [0.5, 0.6) is 5.75 Å². The first-order chi connectivity index (χ1) is 14.0. The van der Waals surface area contributed by atoms with Crippen LogP contribution in [0.25, 0.3) is 0 Å². The van der Waals surface area contributed by atoms with Gasteiger partial charge in [0, 0.05) is 29.2 Å². The summed E-state index contributed by atoms with van der Waals surface area (Å²) in [4.78, 5) is 39.3. The molecular formula is C21H22N2O5S. The first-order valence-electron chi connectivity index (χ1n) is 9.05. The number of hydrogen-bond acceptors (Lipinski definition) is 6. The number of methoxy groups -OCH3 is 1. The SMILES string of the molecule is COc1ccc(NC(=O)COC(=O)[C@H]2CC(=O)N(c3cccc(SC)c3)C2)cc1. The molecule has 0 unspecified atom stereocenters. The Kier molecular flexibility index (Phi) is 6.77. The normalized spacial score (nSPS) is 15.9. The molecule has 2 aromatic carbocycles. The summed E-state index contributed by atoms with van der Waals surface area (Å²) in [5.41, 5.74) is 1.33. The number of nitrogens with zero attached hydrogens (tertiary/aromatic N) is 1. The van der Waals surface area contributed by atoms with E-state index in [-0.39, 0.29) is 18.9 Å². The highest BCUT2D eigenvalue weighted by Gasteiger charge is 2.36. The molecule has 2 aromatic rings. The van der Waals surface area contributed by atoms with Gasteiger partial charge in [-0.3, -0.25) is 14.4 Å². The predicted molar refractivity (Wildman–Crippen MR) is 111 cm³/mol. The van der Waals surface area contributed by atoms with Crippen LogP contribution in [0.1, 0.15) is 6.42 Å². The maximum atomic E-state index is 12.3. The van der Waals surface area contributed by atoms with Gasteiger partial charge in [0.1, 0.15) is 5.75 Å². The summed E-state index contributed by atoms with van der Waals surface area (Å²) in [7, 11) is 1.56. The molecule has 1 heterocycles. The largest absolute Gasteiger partial charge is 0.497 e. The van der Waals surface area contributed by atoms with Gasteiger partial charge >= 0.3 is 5.97 Å². The minimum Gasteiger partial charge on any atom is -0.497 e. The smallest absolute Gasteiger partial charge is 0.311 e. The summed E-state index contributed by atoms with van der Waals surface area (Å²) in [5, 5.41) is 2.64. The van der Waals surface area contributed by atoms with Gasteiger partial charge in [0.15, 0.2) is 6.61 Å². The van der Waals surface area contributed by atoms with Crippen molar-refractivity contribution in [2.75, 3.05) is 36.7 Å². The standard InChI is InChI=1S/C21H22N2O5S/c1-27-17-8-6-15(7-9-17)22-19(24)13-28-21(26)14-10-20(25)23(12-14)16-4-3-5-18(11-16)29-2/h3-9,11,14H,10,12-13H2,1-2H3,(H,22,24)/t14-/m0/s1. The van der Waals surface area contributed by atoms with Crippen molar-refractivity contribution in [3.8, 4) is 5.75 Å². The lowest BCUT2D eigenvalue weighted by atomic mass is 10.1. The lowest BCUT2D eigenvalue weighted by Gasteiger charge is -2.17. The number of carbonyl (C=O) groups excluding carboxylic acids is 3. The Bertz CT molecular complexity index is 900. The van der Waals surface area contributed by atoms with Gasteiger partial charge in [0.25, 0.3) is 5.91 Å². The van der Waals surface area contributed by atoms with Crippen molar-refractivity contribution in [2.24, 2.45) is 5.92 Å². The number of carbonyl (C=O) groups is 3. The third-order valence-electron chi connectivity index (χ3n) is 4.54. The van der Waals surface area contributed by atoms with Gasteiger partial charge in [0.05, 0.1) is 13.0 Å². The van der Waals surface area contributed by atoms with Crippen LogP contribution in [-0.4, -0.2) is 44.3 Å². The van der Waals surface area contributed by atoms with Gasteiger partial charge in [-0.25, -0.2) is 0 Å². The number of ether oxygens (including phenoxy) is 2. The highest BCUT2D eigenvalue weighted by Crippen LogP contribution is 2.28. The summed E-state index contributed by atoms with van der Waals surface area (Å²) in [6.45, 7) is -0.160. The average molecular weight is 414 g/mol. The molecule has 0 saturated carbocycles. The van der Waals surface area contributed by atoms with E-state index in [9.17, 15) is 14.4 Å². The van der Waals surface area contributed by atoms with Gasteiger partial charge in [0.2, 0.25) is 5.91 Å². The van der Waals surface area contributed by atoms with Gasteiger partial charge in [-0.15, -0.1) is 11.8 Å². The number of nitrogens with one attached hydrogen (secondary N) is 1. The lowest BCUT2D eigenvalue weighted by molar-refractivity contribution is -0.151. The zero-order valence-electron chi connectivity index (χ0n) is 16.2. The zero-order chi connectivity index (χ0) is 20.8. The van der Waals surface area contributed by atoms with Crippen LogP contribution < -0.4 is 15.0 Å². The monoisotopic (exact) mass is 414 g/mol. The molecule has 0 spiro atoms. The topological polar surface area (TPSA) is 84.9 Å². The zero-order valence-corrected chi connectivity index (χ0v) is 17.0. The molecule has 152 valence electrons. The Morgan fingerprint density at radius 1 is 1.21 bits per heavy atom. The molecule has 0 radical (unpaired) electrons. The molecule has 8 heteroatoms. The Morgan fingerprint density at radius 2 is 1.97 bits per heavy atom. The van der Waals surface area contributed by atoms with Crippen LogP contribution >= 0.6 is 11.8 Å². The van der Waals surface area contributed by atoms with E-state index in [4.69, 9.17) is 9.47 Å². The van der Waals surface area contributed by atoms with Crippen molar-refractivity contribution in [1.29, 1.82) is 0 Å². The number of hydrogen-bond donors (Lipinski definition) is 1. The number of thioether (sulfide) groups is 1. The lowest BCUT2D eigenvalue weighted by Crippen LogP contribution is -2.28. The van der Waals surface area contributed by atoms with Crippen molar-refractivity contribution < 1.29 is 23.9 Å². The van der Waals surface area contributed by atoms with E-state index in [0.29, 0.717) is 11.4 Å². The summed E-state index contributed by atoms with van der Waals surface area (Å²) >= 11 is 1.58. The maximum Gasteiger partial charge on any atom is 0.311 e. The summed E-state index contributed by atoms with van der Waals surface area (Å²) in [5.74, 6) is -1.04. The van der Waals surface area contributed by atoms with E-state index < -0.39 is 24.4 Å². The molecule has 1 saturated heterocycles. The highest BCUT2D eigenvalue weighted by atomic mass is 32.2. The van der Waals surface area contributed by atoms with Crippen molar-refractivity contribution >= 4 is 40.9 Å². The van der Waals surface area contributed by atoms with Crippen LogP contribution in [0.4, 0.5) is 11.4 Å². The Morgan fingerprint density at radius 3 is 2.66 bits per heavy atom. The van der Waals surface area contributed by atoms with E-state index in [1.165, 1.54) is 0 Å². The quantitative estimate of drug-likeness (QED) is 0.554. The fourth-order valence-electron chi connectivity index (χ4n) is 3.02. The molecule has 3 rings (SSSR count). The van der Waals surface area contributed by atoms with Crippen molar-refractivity contribution in [2.45, 2.75) is 11.3 Å². The third kappa shape index (κ3) is 5.29. The fourth-order valence-corrected chi connectivity index (χ4v) is 3.47. The molecule has 2 amide bonds. The Labute approximate surface area is 173 Å². The van der Waals surface area contributed by atoms with Crippen LogP contribution in [0.2, 0.25) is 0 Å². The summed E-state index contributed by atoms with van der Waals surface area (Å²) in [6.07, 6.45) is 2.03. The fraction of sp³-hybridized carbons (Fsp3) is 0.286. The van der Waals surface area contributed by atoms with Crippen LogP contribution in [0.3, 0.4) is 0 Å². The van der Waals surface area contributed by atoms with Crippen LogP contribution in [0.15, 0.2) is 53.4 Å². The molecule has 1 aliphatic rings. The van der Waals surface area contributed by atoms with Gasteiger partial charge in [-0.1, -0.05) is 6.07 Å². The number of esters is 1. The molecule has 7 nitrogen and oxygen atoms in total. The Hall–Kier alpha value is -3.00. The molecule has 1 fully saturated rings. The van der Waals surface area contributed by atoms with Gasteiger partial charge in [-0.2, -0.15) is 0 Å². The highest BCUT2D eigenvalue weighted by molar-refractivity contribution is 7.98. The second-order valence-corrected chi connectivity index (χ2v) is 7.37. The van der Waals surface area contributed by atoms with Crippen molar-refractivity contribution in [3.05, 3.63) is 48.5 Å². The molecule has 0 aromatic heterocycles. The molecule has 29 heavy (non-hydrogen) atoms. The van der Waals surface area contributed by atoms with Crippen molar-refractivity contribution in [1.82, 2.24) is 0 Å². The molecular weight excluding hydrogens is 392 g/mol. The molecule has 1 N–H and O–H groups in total. The van der Waals surface area contributed by atoms with Gasteiger partial charge in [-0.05, 0) is 48.7 Å². The van der Waals surface area contributed by atoms with E-state index in [2.05, 4.69) is 5.32 Å². The minimum absolute atomic E-state index is 0.0719. The van der Waals surface area contributed by atoms with Crippen LogP contribution in [0, 0.1) is 5.92 Å². The molecule has 0 aliphatic carbocycles. The summed E-state index contributed by atoms with van der Waals surface area (Å²) < 4.78 is 10.2. The summed E-state index contributed by atoms with van der Waals surface area (Å²) in [6, 6.07) is 14.4. The van der Waals surface area contributed by atoms with Crippen LogP contribution in [-0.2, 0) is 19.1 Å². The molecule has 1 atom stereocenters. The van der Waals surface area contributed by atoms with E-state index >= 15 is 0 Å². The molecule has 0 bridgehead atoms. The second kappa shape index (κ2) is 9.47. The number of benzene rings is 2. The number of rotatable bonds is 7. The van der Waals surface area contributed by atoms with Gasteiger partial charge < -0.3 is 19.7 Å². The predicted octanol–water partition coefficient (Wildman–Crippen LogP) is 2.95. The average Bonchev–Trinajstić information content (AvgIpc) is 3.14. The minimum atomic E-state index is -0.589. The van der Waals surface area contributed by atoms with E-state index in [0.717, 1.165) is 10.6 Å². The first-order valence-corrected chi connectivity index (χ1v) is 10.3. The van der Waals surface area contributed by atoms with Crippen molar-refractivity contribution in [3.63, 3.8) is 0 Å². The number of amides is 2. The first kappa shape index (κ1) is 20.7. The second-order valence-electron chi connectivity index (χ2n) is 6.49. The molecule has 1 aliphatic heterocycles. The third-order valence-corrected chi connectivity index (χ3v) is 5.27. The van der Waals surface area contributed by atoms with E-state index in [1.54, 1.807) is 48.0 Å². The van der Waals surface area contributed by atoms with E-state index in [1.807, 2.05) is 30.5 Å².